The minimum absolute atomic E-state index is 0.779. The Kier molecular flexibility index (Phi) is 4.24. The summed E-state index contributed by atoms with van der Waals surface area (Å²) in [6.45, 7) is 0. The number of benzene rings is 3. The average molecular weight is 337 g/mol. The highest BCUT2D eigenvalue weighted by atomic mass is 14.9. The molecule has 3 aromatic carbocycles. The van der Waals surface area contributed by atoms with E-state index >= 15 is 0 Å². The molecular weight excluding hydrogens is 316 g/mol. The molecule has 0 amide bonds. The van der Waals surface area contributed by atoms with Crippen molar-refractivity contribution in [2.45, 2.75) is 0 Å². The maximum atomic E-state index is 5.87. The summed E-state index contributed by atoms with van der Waals surface area (Å²) in [7, 11) is 2.12. The standard InChI is InChI=1S/C24H20N2/c1-26-23(19-8-4-2-5-9-19)16-21(18-12-14-22(25)15-13-18)17-24(26)20-10-6-3-7-11-20/h2-17,25H,1H3/p+1. The lowest BCUT2D eigenvalue weighted by Crippen LogP contribution is -2.34. The Hall–Kier alpha value is -3.39. The maximum Gasteiger partial charge on any atom is 0.213 e. The molecule has 0 saturated carbocycles. The van der Waals surface area contributed by atoms with E-state index in [9.17, 15) is 0 Å². The zero-order valence-corrected chi connectivity index (χ0v) is 14.8. The van der Waals surface area contributed by atoms with Gasteiger partial charge in [-0.2, -0.15) is 4.57 Å². The van der Waals surface area contributed by atoms with Crippen LogP contribution in [0, 0.1) is 0 Å². The lowest BCUT2D eigenvalue weighted by molar-refractivity contribution is -0.649. The fourth-order valence-electron chi connectivity index (χ4n) is 3.27. The number of hydrogen-bond acceptors (Lipinski definition) is 1. The van der Waals surface area contributed by atoms with E-state index in [1.165, 1.54) is 28.1 Å². The van der Waals surface area contributed by atoms with Gasteiger partial charge >= 0.3 is 0 Å². The van der Waals surface area contributed by atoms with Crippen LogP contribution in [0.1, 0.15) is 0 Å². The van der Waals surface area contributed by atoms with Gasteiger partial charge in [0, 0.05) is 28.9 Å². The zero-order chi connectivity index (χ0) is 17.9. The van der Waals surface area contributed by atoms with Crippen molar-refractivity contribution in [3.63, 3.8) is 0 Å². The summed E-state index contributed by atoms with van der Waals surface area (Å²) in [6.07, 6.45) is 0. The maximum absolute atomic E-state index is 5.87. The minimum atomic E-state index is 0.779. The van der Waals surface area contributed by atoms with E-state index in [4.69, 9.17) is 5.73 Å². The first-order valence-electron chi connectivity index (χ1n) is 8.73. The molecule has 0 bridgehead atoms. The SMILES string of the molecule is C[n+]1c(-c2ccccc2)cc(-c2ccc(N)cc2)cc1-c1ccccc1. The number of aromatic nitrogens is 1. The summed E-state index contributed by atoms with van der Waals surface area (Å²) in [4.78, 5) is 0. The summed E-state index contributed by atoms with van der Waals surface area (Å²) in [5.74, 6) is 0. The fraction of sp³-hybridized carbons (Fsp3) is 0.0417. The van der Waals surface area contributed by atoms with E-state index < -0.39 is 0 Å². The van der Waals surface area contributed by atoms with Gasteiger partial charge in [-0.05, 0) is 47.5 Å². The highest BCUT2D eigenvalue weighted by Gasteiger charge is 2.19. The van der Waals surface area contributed by atoms with Crippen molar-refractivity contribution in [1.29, 1.82) is 0 Å². The Morgan fingerprint density at radius 3 is 1.46 bits per heavy atom. The zero-order valence-electron chi connectivity index (χ0n) is 14.8. The molecule has 1 aromatic heterocycles. The van der Waals surface area contributed by atoms with E-state index in [0.29, 0.717) is 0 Å². The molecule has 0 fully saturated rings. The van der Waals surface area contributed by atoms with Crippen LogP contribution in [0.2, 0.25) is 0 Å². The molecule has 2 N–H and O–H groups in total. The van der Waals surface area contributed by atoms with Crippen LogP contribution < -0.4 is 10.3 Å². The molecule has 126 valence electrons. The highest BCUT2D eigenvalue weighted by molar-refractivity contribution is 5.74. The molecule has 2 heteroatoms. The fourth-order valence-corrected chi connectivity index (χ4v) is 3.27. The average Bonchev–Trinajstić information content (AvgIpc) is 2.70. The van der Waals surface area contributed by atoms with Crippen molar-refractivity contribution < 1.29 is 4.57 Å². The molecule has 4 aromatic rings. The van der Waals surface area contributed by atoms with Crippen LogP contribution in [0.25, 0.3) is 33.6 Å². The van der Waals surface area contributed by atoms with Crippen LogP contribution in [0.15, 0.2) is 97.1 Å². The Balaban J connectivity index is 1.97. The van der Waals surface area contributed by atoms with Crippen LogP contribution in [0.3, 0.4) is 0 Å². The van der Waals surface area contributed by atoms with Gasteiger partial charge < -0.3 is 5.73 Å². The largest absolute Gasteiger partial charge is 0.399 e. The molecule has 2 nitrogen and oxygen atoms in total. The summed E-state index contributed by atoms with van der Waals surface area (Å²) in [5.41, 5.74) is 13.7. The molecule has 1 heterocycles. The lowest BCUT2D eigenvalue weighted by Gasteiger charge is -2.10. The molecule has 26 heavy (non-hydrogen) atoms. The van der Waals surface area contributed by atoms with Gasteiger partial charge in [-0.15, -0.1) is 0 Å². The number of pyridine rings is 1. The van der Waals surface area contributed by atoms with Crippen molar-refractivity contribution in [3.05, 3.63) is 97.1 Å². The summed E-state index contributed by atoms with van der Waals surface area (Å²) in [6, 6.07) is 33.5. The van der Waals surface area contributed by atoms with Gasteiger partial charge in [0.1, 0.15) is 7.05 Å². The third kappa shape index (κ3) is 3.09. The van der Waals surface area contributed by atoms with Crippen molar-refractivity contribution in [2.24, 2.45) is 7.05 Å². The lowest BCUT2D eigenvalue weighted by atomic mass is 9.99. The van der Waals surface area contributed by atoms with Crippen LogP contribution >= 0.6 is 0 Å². The predicted octanol–water partition coefficient (Wildman–Crippen LogP) is 5.09. The Morgan fingerprint density at radius 1 is 0.538 bits per heavy atom. The first-order valence-corrected chi connectivity index (χ1v) is 8.73. The van der Waals surface area contributed by atoms with Crippen molar-refractivity contribution in [2.75, 3.05) is 5.73 Å². The van der Waals surface area contributed by atoms with Gasteiger partial charge in [0.2, 0.25) is 11.4 Å². The number of anilines is 1. The Labute approximate surface area is 154 Å². The van der Waals surface area contributed by atoms with Crippen LogP contribution in [0.4, 0.5) is 5.69 Å². The molecule has 0 aliphatic carbocycles. The van der Waals surface area contributed by atoms with E-state index in [-0.39, 0.29) is 0 Å². The van der Waals surface area contributed by atoms with Gasteiger partial charge in [-0.3, -0.25) is 0 Å². The highest BCUT2D eigenvalue weighted by Crippen LogP contribution is 2.29. The second-order valence-electron chi connectivity index (χ2n) is 6.43. The molecule has 0 aliphatic heterocycles. The first kappa shape index (κ1) is 16.1. The first-order chi connectivity index (χ1) is 12.7. The predicted molar refractivity (Wildman–Crippen MR) is 108 cm³/mol. The van der Waals surface area contributed by atoms with Gasteiger partial charge in [0.25, 0.3) is 0 Å². The quantitative estimate of drug-likeness (QED) is 0.409. The summed E-state index contributed by atoms with van der Waals surface area (Å²) < 4.78 is 2.26. The van der Waals surface area contributed by atoms with Crippen molar-refractivity contribution in [1.82, 2.24) is 0 Å². The van der Waals surface area contributed by atoms with E-state index in [0.717, 1.165) is 11.3 Å². The topological polar surface area (TPSA) is 29.9 Å². The molecule has 0 unspecified atom stereocenters. The molecule has 4 rings (SSSR count). The van der Waals surface area contributed by atoms with Gasteiger partial charge in [-0.25, -0.2) is 0 Å². The number of rotatable bonds is 3. The number of hydrogen-bond donors (Lipinski definition) is 1. The Morgan fingerprint density at radius 2 is 1.00 bits per heavy atom. The second kappa shape index (κ2) is 6.85. The van der Waals surface area contributed by atoms with Crippen LogP contribution in [-0.2, 0) is 7.05 Å². The number of nitrogens with zero attached hydrogens (tertiary/aromatic N) is 1. The monoisotopic (exact) mass is 337 g/mol. The molecule has 0 aliphatic rings. The van der Waals surface area contributed by atoms with Crippen LogP contribution in [-0.4, -0.2) is 0 Å². The normalized spacial score (nSPS) is 10.7. The molecular formula is C24H21N2+. The smallest absolute Gasteiger partial charge is 0.213 e. The second-order valence-corrected chi connectivity index (χ2v) is 6.43. The van der Waals surface area contributed by atoms with Gasteiger partial charge in [0.05, 0.1) is 0 Å². The minimum Gasteiger partial charge on any atom is -0.399 e. The number of nitrogen functional groups attached to an aromatic ring is 1. The van der Waals surface area contributed by atoms with E-state index in [1.807, 2.05) is 24.3 Å². The molecule has 0 atom stereocenters. The molecule has 0 saturated heterocycles. The van der Waals surface area contributed by atoms with E-state index in [1.54, 1.807) is 0 Å². The van der Waals surface area contributed by atoms with Crippen LogP contribution in [0.5, 0.6) is 0 Å². The summed E-state index contributed by atoms with van der Waals surface area (Å²) >= 11 is 0. The summed E-state index contributed by atoms with van der Waals surface area (Å²) in [5, 5.41) is 0. The third-order valence-electron chi connectivity index (χ3n) is 4.69. The van der Waals surface area contributed by atoms with E-state index in [2.05, 4.69) is 84.4 Å². The van der Waals surface area contributed by atoms with Gasteiger partial charge in [-0.1, -0.05) is 48.5 Å². The van der Waals surface area contributed by atoms with Crippen molar-refractivity contribution >= 4 is 5.69 Å². The third-order valence-corrected chi connectivity index (χ3v) is 4.69. The number of nitrogens with two attached hydrogens (primary N) is 1. The Bertz CT molecular complexity index is 960. The van der Waals surface area contributed by atoms with Gasteiger partial charge in [0.15, 0.2) is 0 Å². The van der Waals surface area contributed by atoms with Crippen molar-refractivity contribution in [3.8, 4) is 33.6 Å². The molecule has 0 spiro atoms. The molecule has 0 radical (unpaired) electrons.